The van der Waals surface area contributed by atoms with E-state index in [1.807, 2.05) is 31.2 Å². The summed E-state index contributed by atoms with van der Waals surface area (Å²) in [6.07, 6.45) is -2.82. The molecule has 0 saturated heterocycles. The number of hydrogen-bond acceptors (Lipinski definition) is 3. The summed E-state index contributed by atoms with van der Waals surface area (Å²) in [5.74, 6) is -1.88. The van der Waals surface area contributed by atoms with E-state index in [1.165, 1.54) is 7.11 Å². The van der Waals surface area contributed by atoms with Crippen LogP contribution in [0.25, 0.3) is 10.8 Å². The van der Waals surface area contributed by atoms with Crippen molar-refractivity contribution in [3.63, 3.8) is 0 Å². The van der Waals surface area contributed by atoms with Crippen molar-refractivity contribution in [2.24, 2.45) is 15.9 Å². The van der Waals surface area contributed by atoms with E-state index < -0.39 is 18.0 Å². The fourth-order valence-electron chi connectivity index (χ4n) is 2.39. The Kier molecular flexibility index (Phi) is 6.56. The molecule has 0 bridgehead atoms. The quantitative estimate of drug-likeness (QED) is 0.432. The van der Waals surface area contributed by atoms with E-state index in [-0.39, 0.29) is 5.70 Å². The van der Waals surface area contributed by atoms with Gasteiger partial charge in [0.15, 0.2) is 0 Å². The third kappa shape index (κ3) is 4.97. The Bertz CT molecular complexity index is 950. The van der Waals surface area contributed by atoms with Crippen LogP contribution in [0.15, 0.2) is 52.6 Å². The molecular formula is C20H20F3N3O2. The first-order valence-corrected chi connectivity index (χ1v) is 8.34. The molecule has 0 fully saturated rings. The average molecular weight is 391 g/mol. The molecule has 2 aromatic carbocycles. The third-order valence-electron chi connectivity index (χ3n) is 4.07. The van der Waals surface area contributed by atoms with E-state index in [1.54, 1.807) is 6.07 Å². The summed E-state index contributed by atoms with van der Waals surface area (Å²) in [5, 5.41) is 4.42. The third-order valence-corrected chi connectivity index (χ3v) is 4.07. The SMILES string of the molecule is C=C(/N=C\N=C/C(C)C(F)(F)F)C(=O)Nc1c(OC)ccc2c(C)cccc12. The van der Waals surface area contributed by atoms with E-state index >= 15 is 0 Å². The van der Waals surface area contributed by atoms with Crippen LogP contribution in [-0.4, -0.2) is 31.7 Å². The Morgan fingerprint density at radius 3 is 2.61 bits per heavy atom. The number of amides is 1. The second-order valence-electron chi connectivity index (χ2n) is 6.09. The van der Waals surface area contributed by atoms with Gasteiger partial charge < -0.3 is 10.1 Å². The number of aryl methyl sites for hydroxylation is 1. The van der Waals surface area contributed by atoms with Gasteiger partial charge in [0.1, 0.15) is 17.8 Å². The maximum absolute atomic E-state index is 12.4. The van der Waals surface area contributed by atoms with Crippen LogP contribution in [0.1, 0.15) is 12.5 Å². The molecule has 0 aliphatic rings. The molecule has 1 amide bonds. The molecule has 0 aliphatic heterocycles. The maximum Gasteiger partial charge on any atom is 0.396 e. The number of aliphatic imine (C=N–C) groups is 2. The standard InChI is InChI=1S/C20H20F3N3O2/c1-12-6-5-7-16-15(12)8-9-17(28-4)18(16)26-19(27)14(3)25-11-24-10-13(2)20(21,22)23/h5-11,13H,3H2,1-2,4H3,(H,26,27)/b24-10-,25-11-. The fourth-order valence-corrected chi connectivity index (χ4v) is 2.39. The Hall–Kier alpha value is -3.16. The number of ether oxygens (including phenoxy) is 1. The molecule has 1 N–H and O–H groups in total. The lowest BCUT2D eigenvalue weighted by molar-refractivity contribution is -0.149. The van der Waals surface area contributed by atoms with Crippen LogP contribution in [0.4, 0.5) is 18.9 Å². The van der Waals surface area contributed by atoms with Crippen LogP contribution >= 0.6 is 0 Å². The zero-order valence-corrected chi connectivity index (χ0v) is 15.7. The smallest absolute Gasteiger partial charge is 0.396 e. The number of carbonyl (C=O) groups excluding carboxylic acids is 1. The Labute approximate surface area is 160 Å². The number of nitrogens with one attached hydrogen (secondary N) is 1. The Morgan fingerprint density at radius 2 is 1.96 bits per heavy atom. The summed E-state index contributed by atoms with van der Waals surface area (Å²) >= 11 is 0. The first-order chi connectivity index (χ1) is 13.1. The molecule has 0 saturated carbocycles. The van der Waals surface area contributed by atoms with Gasteiger partial charge >= 0.3 is 6.18 Å². The highest BCUT2D eigenvalue weighted by atomic mass is 19.4. The number of benzene rings is 2. The van der Waals surface area contributed by atoms with Crippen LogP contribution in [0.2, 0.25) is 0 Å². The summed E-state index contributed by atoms with van der Waals surface area (Å²) < 4.78 is 42.5. The van der Waals surface area contributed by atoms with Crippen molar-refractivity contribution in [1.82, 2.24) is 0 Å². The molecule has 0 aliphatic carbocycles. The van der Waals surface area contributed by atoms with Gasteiger partial charge in [-0.3, -0.25) is 4.79 Å². The number of anilines is 1. The van der Waals surface area contributed by atoms with Gasteiger partial charge in [-0.1, -0.05) is 30.8 Å². The first kappa shape index (κ1) is 21.1. The molecule has 148 valence electrons. The van der Waals surface area contributed by atoms with Gasteiger partial charge in [-0.15, -0.1) is 0 Å². The topological polar surface area (TPSA) is 63.0 Å². The zero-order valence-electron chi connectivity index (χ0n) is 15.7. The molecular weight excluding hydrogens is 371 g/mol. The summed E-state index contributed by atoms with van der Waals surface area (Å²) in [7, 11) is 1.48. The van der Waals surface area contributed by atoms with E-state index in [4.69, 9.17) is 4.74 Å². The Morgan fingerprint density at radius 1 is 1.25 bits per heavy atom. The highest BCUT2D eigenvalue weighted by Crippen LogP contribution is 2.34. The molecule has 1 atom stereocenters. The minimum Gasteiger partial charge on any atom is -0.495 e. The molecule has 0 spiro atoms. The van der Waals surface area contributed by atoms with Crippen molar-refractivity contribution in [3.8, 4) is 5.75 Å². The lowest BCUT2D eigenvalue weighted by atomic mass is 10.0. The number of nitrogens with zero attached hydrogens (tertiary/aromatic N) is 2. The average Bonchev–Trinajstić information content (AvgIpc) is 2.64. The van der Waals surface area contributed by atoms with Gasteiger partial charge in [-0.25, -0.2) is 9.98 Å². The molecule has 1 unspecified atom stereocenters. The minimum absolute atomic E-state index is 0.205. The molecule has 0 radical (unpaired) electrons. The highest BCUT2D eigenvalue weighted by molar-refractivity contribution is 6.10. The highest BCUT2D eigenvalue weighted by Gasteiger charge is 2.34. The van der Waals surface area contributed by atoms with Gasteiger partial charge in [-0.05, 0) is 30.9 Å². The number of fused-ring (bicyclic) bond motifs is 1. The summed E-state index contributed by atoms with van der Waals surface area (Å²) in [5.41, 5.74) is 1.28. The predicted octanol–water partition coefficient (Wildman–Crippen LogP) is 4.91. The van der Waals surface area contributed by atoms with Crippen molar-refractivity contribution in [2.45, 2.75) is 20.0 Å². The van der Waals surface area contributed by atoms with Crippen LogP contribution in [0.5, 0.6) is 5.75 Å². The number of rotatable bonds is 6. The molecule has 0 aromatic heterocycles. The minimum atomic E-state index is -4.38. The molecule has 28 heavy (non-hydrogen) atoms. The van der Waals surface area contributed by atoms with Gasteiger partial charge in [0.2, 0.25) is 0 Å². The Balaban J connectivity index is 2.18. The lowest BCUT2D eigenvalue weighted by Crippen LogP contribution is -2.20. The van der Waals surface area contributed by atoms with Gasteiger partial charge in [0.25, 0.3) is 5.91 Å². The van der Waals surface area contributed by atoms with Crippen molar-refractivity contribution in [2.75, 3.05) is 12.4 Å². The van der Waals surface area contributed by atoms with Crippen LogP contribution in [-0.2, 0) is 4.79 Å². The number of alkyl halides is 3. The van der Waals surface area contributed by atoms with Crippen molar-refractivity contribution >= 4 is 34.9 Å². The number of hydrogen-bond donors (Lipinski definition) is 1. The number of methoxy groups -OCH3 is 1. The molecule has 2 rings (SSSR count). The second kappa shape index (κ2) is 8.69. The maximum atomic E-state index is 12.4. The zero-order chi connectivity index (χ0) is 20.9. The summed E-state index contributed by atoms with van der Waals surface area (Å²) in [4.78, 5) is 19.5. The van der Waals surface area contributed by atoms with Crippen LogP contribution in [0, 0.1) is 12.8 Å². The van der Waals surface area contributed by atoms with Gasteiger partial charge in [-0.2, -0.15) is 13.2 Å². The van der Waals surface area contributed by atoms with Gasteiger partial charge in [0.05, 0.1) is 18.7 Å². The molecule has 5 nitrogen and oxygen atoms in total. The van der Waals surface area contributed by atoms with E-state index in [2.05, 4.69) is 21.9 Å². The monoisotopic (exact) mass is 391 g/mol. The van der Waals surface area contributed by atoms with Crippen LogP contribution in [0.3, 0.4) is 0 Å². The molecule has 8 heteroatoms. The van der Waals surface area contributed by atoms with Crippen molar-refractivity contribution in [3.05, 3.63) is 48.2 Å². The normalized spacial score (nSPS) is 13.2. The van der Waals surface area contributed by atoms with Crippen LogP contribution < -0.4 is 10.1 Å². The van der Waals surface area contributed by atoms with Crippen molar-refractivity contribution in [1.29, 1.82) is 0 Å². The molecule has 0 heterocycles. The largest absolute Gasteiger partial charge is 0.495 e. The number of halogens is 3. The lowest BCUT2D eigenvalue weighted by Gasteiger charge is -2.14. The second-order valence-corrected chi connectivity index (χ2v) is 6.09. The number of carbonyl (C=O) groups is 1. The van der Waals surface area contributed by atoms with E-state index in [0.29, 0.717) is 17.7 Å². The molecule has 2 aromatic rings. The summed E-state index contributed by atoms with van der Waals surface area (Å²) in [6.45, 7) is 6.44. The first-order valence-electron chi connectivity index (χ1n) is 8.34. The van der Waals surface area contributed by atoms with Gasteiger partial charge in [0, 0.05) is 11.6 Å². The predicted molar refractivity (Wildman–Crippen MR) is 105 cm³/mol. The fraction of sp³-hybridized carbons (Fsp3) is 0.250. The summed E-state index contributed by atoms with van der Waals surface area (Å²) in [6, 6.07) is 9.28. The van der Waals surface area contributed by atoms with E-state index in [9.17, 15) is 18.0 Å². The van der Waals surface area contributed by atoms with Crippen molar-refractivity contribution < 1.29 is 22.7 Å². The van der Waals surface area contributed by atoms with E-state index in [0.717, 1.165) is 29.6 Å².